The fraction of sp³-hybridized carbons (Fsp3) is 0.278. The summed E-state index contributed by atoms with van der Waals surface area (Å²) in [5.41, 5.74) is -0.527. The first-order valence-corrected chi connectivity index (χ1v) is 10.2. The summed E-state index contributed by atoms with van der Waals surface area (Å²) >= 11 is 5.62. The lowest BCUT2D eigenvalue weighted by Crippen LogP contribution is -2.33. The second-order valence-electron chi connectivity index (χ2n) is 6.36. The fourth-order valence-electron chi connectivity index (χ4n) is 3.11. The van der Waals surface area contributed by atoms with Gasteiger partial charge in [-0.1, -0.05) is 11.6 Å². The number of hydrogen-bond donors (Lipinski definition) is 1. The van der Waals surface area contributed by atoms with Crippen LogP contribution in [0, 0.1) is 0 Å². The van der Waals surface area contributed by atoms with Gasteiger partial charge in [-0.2, -0.15) is 13.2 Å². The van der Waals surface area contributed by atoms with Gasteiger partial charge in [0.25, 0.3) is 10.0 Å². The number of aryl methyl sites for hydroxylation is 1. The third-order valence-corrected chi connectivity index (χ3v) is 5.99. The normalized spacial score (nSPS) is 14.5. The summed E-state index contributed by atoms with van der Waals surface area (Å²) in [5.74, 6) is -0.161. The van der Waals surface area contributed by atoms with E-state index >= 15 is 0 Å². The Morgan fingerprint density at radius 1 is 1.18 bits per heavy atom. The highest BCUT2D eigenvalue weighted by Gasteiger charge is 2.35. The van der Waals surface area contributed by atoms with Crippen LogP contribution in [0.5, 0.6) is 0 Å². The molecule has 0 unspecified atom stereocenters. The number of rotatable bonds is 3. The number of alkyl halides is 3. The van der Waals surface area contributed by atoms with Crippen LogP contribution in [-0.2, 0) is 27.4 Å². The van der Waals surface area contributed by atoms with E-state index in [2.05, 4.69) is 0 Å². The molecule has 0 bridgehead atoms. The first-order chi connectivity index (χ1) is 13.0. The molecule has 0 radical (unpaired) electrons. The number of hydrogen-bond acceptors (Lipinski definition) is 3. The van der Waals surface area contributed by atoms with Crippen molar-refractivity contribution in [2.24, 2.45) is 0 Å². The number of nitrogens with zero attached hydrogens (tertiary/aromatic N) is 1. The van der Waals surface area contributed by atoms with Gasteiger partial charge >= 0.3 is 6.18 Å². The number of halogens is 4. The van der Waals surface area contributed by atoms with Crippen molar-refractivity contribution in [1.82, 2.24) is 0 Å². The Morgan fingerprint density at radius 2 is 1.89 bits per heavy atom. The quantitative estimate of drug-likeness (QED) is 0.778. The Hall–Kier alpha value is -2.26. The van der Waals surface area contributed by atoms with E-state index in [1.54, 1.807) is 4.90 Å². The number of fused-ring (bicyclic) bond motifs is 1. The summed E-state index contributed by atoms with van der Waals surface area (Å²) < 4.78 is 67.0. The molecule has 0 atom stereocenters. The monoisotopic (exact) mass is 432 g/mol. The number of carbonyl (C=O) groups excluding carboxylic acids is 1. The highest BCUT2D eigenvalue weighted by molar-refractivity contribution is 7.92. The van der Waals surface area contributed by atoms with Gasteiger partial charge in [0.05, 0.1) is 16.1 Å². The molecule has 1 heterocycles. The molecule has 150 valence electrons. The van der Waals surface area contributed by atoms with Crippen LogP contribution in [0.4, 0.5) is 24.5 Å². The van der Waals surface area contributed by atoms with E-state index in [9.17, 15) is 26.4 Å². The third kappa shape index (κ3) is 4.10. The molecule has 0 saturated heterocycles. The maximum absolute atomic E-state index is 13.2. The second-order valence-corrected chi connectivity index (χ2v) is 8.48. The molecule has 0 saturated carbocycles. The van der Waals surface area contributed by atoms with Gasteiger partial charge in [0, 0.05) is 24.2 Å². The number of amides is 1. The lowest BCUT2D eigenvalue weighted by molar-refractivity contribution is -0.136. The van der Waals surface area contributed by atoms with Crippen molar-refractivity contribution < 1.29 is 26.4 Å². The lowest BCUT2D eigenvalue weighted by Gasteiger charge is -2.29. The van der Waals surface area contributed by atoms with Crippen LogP contribution >= 0.6 is 11.6 Å². The number of benzene rings is 2. The third-order valence-electron chi connectivity index (χ3n) is 4.39. The average molecular weight is 433 g/mol. The zero-order valence-electron chi connectivity index (χ0n) is 14.7. The highest BCUT2D eigenvalue weighted by atomic mass is 35.5. The zero-order chi connectivity index (χ0) is 20.7. The SMILES string of the molecule is CC(=O)N1CCCc2cc(S(=O)(=O)Nc3ccc(Cl)cc3C(F)(F)F)ccc21. The Balaban J connectivity index is 1.98. The summed E-state index contributed by atoms with van der Waals surface area (Å²) in [6.45, 7) is 1.95. The summed E-state index contributed by atoms with van der Waals surface area (Å²) in [5, 5.41) is -0.159. The van der Waals surface area contributed by atoms with Gasteiger partial charge in [-0.15, -0.1) is 0 Å². The second kappa shape index (κ2) is 7.29. The first kappa shape index (κ1) is 20.5. The summed E-state index contributed by atoms with van der Waals surface area (Å²) in [6.07, 6.45) is -3.54. The number of carbonyl (C=O) groups is 1. The molecule has 3 rings (SSSR count). The van der Waals surface area contributed by atoms with E-state index in [0.29, 0.717) is 36.7 Å². The Bertz CT molecular complexity index is 1040. The Labute approximate surface area is 165 Å². The molecule has 5 nitrogen and oxygen atoms in total. The first-order valence-electron chi connectivity index (χ1n) is 8.29. The van der Waals surface area contributed by atoms with Crippen molar-refractivity contribution in [3.8, 4) is 0 Å². The molecule has 0 aliphatic carbocycles. The number of anilines is 2. The van der Waals surface area contributed by atoms with E-state index in [4.69, 9.17) is 11.6 Å². The van der Waals surface area contributed by atoms with E-state index in [1.165, 1.54) is 31.2 Å². The zero-order valence-corrected chi connectivity index (χ0v) is 16.2. The molecule has 0 aromatic heterocycles. The standard InChI is InChI=1S/C18H16ClF3N2O3S/c1-11(25)24-8-2-3-12-9-14(5-7-17(12)24)28(26,27)23-16-6-4-13(19)10-15(16)18(20,21)22/h4-7,9-10,23H,2-3,8H2,1H3. The molecule has 1 aliphatic heterocycles. The average Bonchev–Trinajstić information content (AvgIpc) is 2.61. The van der Waals surface area contributed by atoms with Crippen LogP contribution in [0.3, 0.4) is 0 Å². The van der Waals surface area contributed by atoms with Crippen LogP contribution in [0.1, 0.15) is 24.5 Å². The molecular formula is C18H16ClF3N2O3S. The lowest BCUT2D eigenvalue weighted by atomic mass is 10.0. The van der Waals surface area contributed by atoms with Gasteiger partial charge in [0.15, 0.2) is 0 Å². The largest absolute Gasteiger partial charge is 0.418 e. The molecule has 2 aromatic rings. The van der Waals surface area contributed by atoms with Crippen molar-refractivity contribution in [2.45, 2.75) is 30.8 Å². The van der Waals surface area contributed by atoms with Crippen LogP contribution in [-0.4, -0.2) is 20.9 Å². The number of sulfonamides is 1. The molecule has 28 heavy (non-hydrogen) atoms. The minimum Gasteiger partial charge on any atom is -0.312 e. The Morgan fingerprint density at radius 3 is 2.54 bits per heavy atom. The van der Waals surface area contributed by atoms with Crippen LogP contribution in [0.15, 0.2) is 41.3 Å². The van der Waals surface area contributed by atoms with Crippen molar-refractivity contribution in [3.63, 3.8) is 0 Å². The van der Waals surface area contributed by atoms with Gasteiger partial charge < -0.3 is 4.90 Å². The van der Waals surface area contributed by atoms with Crippen LogP contribution < -0.4 is 9.62 Å². The summed E-state index contributed by atoms with van der Waals surface area (Å²) in [7, 11) is -4.28. The number of nitrogens with one attached hydrogen (secondary N) is 1. The van der Waals surface area contributed by atoms with Gasteiger partial charge in [-0.3, -0.25) is 9.52 Å². The maximum Gasteiger partial charge on any atom is 0.418 e. The van der Waals surface area contributed by atoms with Crippen molar-refractivity contribution in [3.05, 3.63) is 52.5 Å². The predicted molar refractivity (Wildman–Crippen MR) is 100 cm³/mol. The highest BCUT2D eigenvalue weighted by Crippen LogP contribution is 2.38. The van der Waals surface area contributed by atoms with Crippen molar-refractivity contribution in [2.75, 3.05) is 16.2 Å². The summed E-state index contributed by atoms with van der Waals surface area (Å²) in [4.78, 5) is 13.1. The maximum atomic E-state index is 13.2. The van der Waals surface area contributed by atoms with Gasteiger partial charge in [0.1, 0.15) is 0 Å². The van der Waals surface area contributed by atoms with Crippen LogP contribution in [0.2, 0.25) is 5.02 Å². The van der Waals surface area contributed by atoms with Crippen LogP contribution in [0.25, 0.3) is 0 Å². The minimum atomic E-state index is -4.78. The molecular weight excluding hydrogens is 417 g/mol. The topological polar surface area (TPSA) is 66.5 Å². The smallest absolute Gasteiger partial charge is 0.312 e. The molecule has 10 heteroatoms. The molecule has 2 aromatic carbocycles. The minimum absolute atomic E-state index is 0.159. The Kier molecular flexibility index (Phi) is 5.33. The molecule has 1 aliphatic rings. The molecule has 0 fully saturated rings. The molecule has 0 spiro atoms. The summed E-state index contributed by atoms with van der Waals surface area (Å²) in [6, 6.07) is 6.96. The van der Waals surface area contributed by atoms with E-state index in [1.807, 2.05) is 4.72 Å². The van der Waals surface area contributed by atoms with Gasteiger partial charge in [-0.25, -0.2) is 8.42 Å². The van der Waals surface area contributed by atoms with E-state index < -0.39 is 27.5 Å². The van der Waals surface area contributed by atoms with Crippen molar-refractivity contribution in [1.29, 1.82) is 0 Å². The van der Waals surface area contributed by atoms with E-state index in [0.717, 1.165) is 6.07 Å². The van der Waals surface area contributed by atoms with Gasteiger partial charge in [0.2, 0.25) is 5.91 Å². The fourth-order valence-corrected chi connectivity index (χ4v) is 4.41. The molecule has 1 amide bonds. The molecule has 1 N–H and O–H groups in total. The van der Waals surface area contributed by atoms with Gasteiger partial charge in [-0.05, 0) is 54.8 Å². The predicted octanol–water partition coefficient (Wildman–Crippen LogP) is 4.46. The van der Waals surface area contributed by atoms with Crippen molar-refractivity contribution >= 4 is 38.9 Å². The van der Waals surface area contributed by atoms with E-state index in [-0.39, 0.29) is 15.8 Å².